The predicted molar refractivity (Wildman–Crippen MR) is 123 cm³/mol. The van der Waals surface area contributed by atoms with E-state index < -0.39 is 11.9 Å². The molecule has 6 nitrogen and oxygen atoms in total. The molecule has 1 heterocycles. The number of halogens is 2. The zero-order chi connectivity index (χ0) is 22.5. The molecule has 1 unspecified atom stereocenters. The number of para-hydroxylation sites is 1. The highest BCUT2D eigenvalue weighted by Crippen LogP contribution is 2.33. The van der Waals surface area contributed by atoms with Gasteiger partial charge in [0.2, 0.25) is 17.7 Å². The van der Waals surface area contributed by atoms with E-state index in [1.807, 2.05) is 30.3 Å². The molecule has 0 spiro atoms. The molecular weight excluding hydrogens is 437 g/mol. The van der Waals surface area contributed by atoms with E-state index in [2.05, 4.69) is 5.32 Å². The lowest BCUT2D eigenvalue weighted by molar-refractivity contribution is -0.137. The summed E-state index contributed by atoms with van der Waals surface area (Å²) in [5, 5.41) is 3.31. The fourth-order valence-corrected chi connectivity index (χ4v) is 4.05. The van der Waals surface area contributed by atoms with E-state index in [1.165, 1.54) is 11.8 Å². The average Bonchev–Trinajstić information content (AvgIpc) is 2.74. The van der Waals surface area contributed by atoms with Crippen LogP contribution < -0.4 is 5.32 Å². The van der Waals surface area contributed by atoms with Crippen LogP contribution in [0.25, 0.3) is 6.08 Å². The number of hydrogen-bond acceptors (Lipinski definition) is 3. The number of fused-ring (bicyclic) bond motifs is 1. The van der Waals surface area contributed by atoms with Crippen LogP contribution in [0.5, 0.6) is 0 Å². The zero-order valence-corrected chi connectivity index (χ0v) is 18.8. The number of rotatable bonds is 6. The molecule has 8 heteroatoms. The smallest absolute Gasteiger partial charge is 0.244 e. The Morgan fingerprint density at radius 1 is 1.06 bits per heavy atom. The summed E-state index contributed by atoms with van der Waals surface area (Å²) in [7, 11) is 0. The average molecular weight is 460 g/mol. The Bertz CT molecular complexity index is 1020. The number of carbonyl (C=O) groups excluding carboxylic acids is 3. The van der Waals surface area contributed by atoms with Gasteiger partial charge in [0.1, 0.15) is 0 Å². The molecule has 0 saturated carbocycles. The third kappa shape index (κ3) is 5.27. The van der Waals surface area contributed by atoms with Crippen LogP contribution >= 0.6 is 23.2 Å². The lowest BCUT2D eigenvalue weighted by Gasteiger charge is -2.33. The highest BCUT2D eigenvalue weighted by atomic mass is 35.5. The fourth-order valence-electron chi connectivity index (χ4n) is 3.55. The van der Waals surface area contributed by atoms with Gasteiger partial charge in [0.25, 0.3) is 0 Å². The first-order chi connectivity index (χ1) is 14.8. The first-order valence-corrected chi connectivity index (χ1v) is 10.6. The second-order valence-electron chi connectivity index (χ2n) is 7.14. The lowest BCUT2D eigenvalue weighted by Crippen LogP contribution is -2.41. The Morgan fingerprint density at radius 3 is 2.39 bits per heavy atom. The second-order valence-corrected chi connectivity index (χ2v) is 7.96. The minimum atomic E-state index is -0.429. The molecule has 31 heavy (non-hydrogen) atoms. The second kappa shape index (κ2) is 9.98. The van der Waals surface area contributed by atoms with Crippen molar-refractivity contribution in [2.45, 2.75) is 26.3 Å². The molecule has 162 valence electrons. The van der Waals surface area contributed by atoms with Crippen molar-refractivity contribution in [1.82, 2.24) is 9.80 Å². The number of likely N-dealkylation sites (N-methyl/N-ethyl adjacent to an activating group) is 1. The number of nitrogens with zero attached hydrogens (tertiary/aromatic N) is 2. The molecule has 3 rings (SSSR count). The van der Waals surface area contributed by atoms with E-state index in [4.69, 9.17) is 23.2 Å². The van der Waals surface area contributed by atoms with Crippen LogP contribution in [0.1, 0.15) is 37.4 Å². The standard InChI is InChI=1S/C23H23Cl2N3O3/c1-3-27(14-21(30)26-23-18(24)9-6-10-19(23)25)22(31)13-20-17-8-5-4-7-16(17)11-12-28(20)15(2)29/h4-12,20H,3,13-14H2,1-2H3,(H,26,30). The van der Waals surface area contributed by atoms with Crippen molar-refractivity contribution in [3.05, 3.63) is 69.8 Å². The number of anilines is 1. The third-order valence-corrected chi connectivity index (χ3v) is 5.76. The number of benzene rings is 2. The van der Waals surface area contributed by atoms with Crippen LogP contribution in [-0.4, -0.2) is 40.6 Å². The van der Waals surface area contributed by atoms with Gasteiger partial charge in [0.05, 0.1) is 34.7 Å². The summed E-state index contributed by atoms with van der Waals surface area (Å²) in [4.78, 5) is 40.8. The Morgan fingerprint density at radius 2 is 1.74 bits per heavy atom. The maximum atomic E-state index is 13.1. The summed E-state index contributed by atoms with van der Waals surface area (Å²) < 4.78 is 0. The summed E-state index contributed by atoms with van der Waals surface area (Å²) >= 11 is 12.2. The molecule has 1 atom stereocenters. The van der Waals surface area contributed by atoms with Crippen molar-refractivity contribution >= 4 is 52.7 Å². The van der Waals surface area contributed by atoms with E-state index in [1.54, 1.807) is 36.2 Å². The summed E-state index contributed by atoms with van der Waals surface area (Å²) in [6, 6.07) is 12.1. The van der Waals surface area contributed by atoms with Gasteiger partial charge in [-0.2, -0.15) is 0 Å². The molecule has 2 aromatic carbocycles. The number of nitrogens with one attached hydrogen (secondary N) is 1. The van der Waals surface area contributed by atoms with Crippen LogP contribution in [0.15, 0.2) is 48.7 Å². The Labute approximate surface area is 191 Å². The normalized spacial score (nSPS) is 14.7. The van der Waals surface area contributed by atoms with Gasteiger partial charge >= 0.3 is 0 Å². The predicted octanol–water partition coefficient (Wildman–Crippen LogP) is 4.74. The molecule has 3 amide bonds. The van der Waals surface area contributed by atoms with Crippen molar-refractivity contribution in [1.29, 1.82) is 0 Å². The Kier molecular flexibility index (Phi) is 7.36. The Balaban J connectivity index is 1.73. The molecule has 1 N–H and O–H groups in total. The summed E-state index contributed by atoms with van der Waals surface area (Å²) in [6.45, 7) is 3.45. The van der Waals surface area contributed by atoms with Gasteiger partial charge in [0.15, 0.2) is 0 Å². The topological polar surface area (TPSA) is 69.7 Å². The highest BCUT2D eigenvalue weighted by molar-refractivity contribution is 6.39. The SMILES string of the molecule is CCN(CC(=O)Nc1c(Cl)cccc1Cl)C(=O)CC1c2ccccc2C=CN1C(C)=O. The van der Waals surface area contributed by atoms with Crippen LogP contribution in [0, 0.1) is 0 Å². The van der Waals surface area contributed by atoms with Crippen molar-refractivity contribution in [2.24, 2.45) is 0 Å². The molecule has 0 bridgehead atoms. The third-order valence-electron chi connectivity index (χ3n) is 5.13. The summed E-state index contributed by atoms with van der Waals surface area (Å²) in [5.74, 6) is -0.792. The van der Waals surface area contributed by atoms with Crippen molar-refractivity contribution in [3.8, 4) is 0 Å². The van der Waals surface area contributed by atoms with E-state index in [9.17, 15) is 14.4 Å². The van der Waals surface area contributed by atoms with E-state index >= 15 is 0 Å². The highest BCUT2D eigenvalue weighted by Gasteiger charge is 2.30. The van der Waals surface area contributed by atoms with E-state index in [0.717, 1.165) is 11.1 Å². The Hall–Kier alpha value is -2.83. The molecule has 0 radical (unpaired) electrons. The van der Waals surface area contributed by atoms with Gasteiger partial charge in [-0.1, -0.05) is 53.5 Å². The molecule has 0 saturated heterocycles. The van der Waals surface area contributed by atoms with Crippen molar-refractivity contribution < 1.29 is 14.4 Å². The van der Waals surface area contributed by atoms with Crippen LogP contribution in [0.4, 0.5) is 5.69 Å². The van der Waals surface area contributed by atoms with E-state index in [-0.39, 0.29) is 24.8 Å². The van der Waals surface area contributed by atoms with Gasteiger partial charge in [-0.3, -0.25) is 14.4 Å². The van der Waals surface area contributed by atoms with Gasteiger partial charge in [-0.25, -0.2) is 0 Å². The maximum absolute atomic E-state index is 13.1. The number of hydrogen-bond donors (Lipinski definition) is 1. The quantitative estimate of drug-likeness (QED) is 0.677. The number of amides is 3. The van der Waals surface area contributed by atoms with Crippen molar-refractivity contribution in [2.75, 3.05) is 18.4 Å². The van der Waals surface area contributed by atoms with Gasteiger partial charge in [-0.15, -0.1) is 0 Å². The molecule has 0 aliphatic carbocycles. The molecule has 1 aliphatic rings. The van der Waals surface area contributed by atoms with Gasteiger partial charge in [-0.05, 0) is 36.3 Å². The number of carbonyl (C=O) groups is 3. The van der Waals surface area contributed by atoms with E-state index in [0.29, 0.717) is 22.3 Å². The fraction of sp³-hybridized carbons (Fsp3) is 0.261. The molecule has 2 aromatic rings. The zero-order valence-electron chi connectivity index (χ0n) is 17.3. The monoisotopic (exact) mass is 459 g/mol. The largest absolute Gasteiger partial charge is 0.334 e. The molecule has 0 fully saturated rings. The first kappa shape index (κ1) is 22.8. The summed E-state index contributed by atoms with van der Waals surface area (Å²) in [5.41, 5.74) is 2.18. The molecular formula is C23H23Cl2N3O3. The summed E-state index contributed by atoms with van der Waals surface area (Å²) in [6.07, 6.45) is 3.62. The maximum Gasteiger partial charge on any atom is 0.244 e. The van der Waals surface area contributed by atoms with Gasteiger partial charge < -0.3 is 15.1 Å². The van der Waals surface area contributed by atoms with Crippen molar-refractivity contribution in [3.63, 3.8) is 0 Å². The minimum Gasteiger partial charge on any atom is -0.334 e. The van der Waals surface area contributed by atoms with Gasteiger partial charge in [0, 0.05) is 19.7 Å². The lowest BCUT2D eigenvalue weighted by atomic mass is 9.93. The first-order valence-electron chi connectivity index (χ1n) is 9.89. The minimum absolute atomic E-state index is 0.0644. The van der Waals surface area contributed by atoms with Crippen LogP contribution in [0.3, 0.4) is 0 Å². The van der Waals surface area contributed by atoms with Crippen LogP contribution in [0.2, 0.25) is 10.0 Å². The molecule has 0 aromatic heterocycles. The van der Waals surface area contributed by atoms with Crippen LogP contribution in [-0.2, 0) is 14.4 Å². The molecule has 1 aliphatic heterocycles.